The van der Waals surface area contributed by atoms with Crippen molar-refractivity contribution in [1.29, 1.82) is 0 Å². The zero-order valence-corrected chi connectivity index (χ0v) is 19.6. The molecule has 0 spiro atoms. The third kappa shape index (κ3) is 4.64. The molecule has 1 aliphatic heterocycles. The number of aromatic nitrogens is 2. The molecule has 2 aromatic rings. The summed E-state index contributed by atoms with van der Waals surface area (Å²) in [4.78, 5) is 36.0. The van der Waals surface area contributed by atoms with Crippen molar-refractivity contribution in [3.05, 3.63) is 29.1 Å². The van der Waals surface area contributed by atoms with E-state index >= 15 is 0 Å². The molecule has 2 atom stereocenters. The summed E-state index contributed by atoms with van der Waals surface area (Å²) in [6, 6.07) is 3.33. The molecule has 0 N–H and O–H groups in total. The maximum atomic E-state index is 12.8. The van der Waals surface area contributed by atoms with E-state index in [0.717, 1.165) is 40.7 Å². The summed E-state index contributed by atoms with van der Waals surface area (Å²) in [6.45, 7) is 9.69. The summed E-state index contributed by atoms with van der Waals surface area (Å²) in [7, 11) is 1.31. The quantitative estimate of drug-likeness (QED) is 0.661. The Kier molecular flexibility index (Phi) is 5.73. The van der Waals surface area contributed by atoms with Crippen LogP contribution in [0.3, 0.4) is 0 Å². The van der Waals surface area contributed by atoms with E-state index in [0.29, 0.717) is 18.2 Å². The van der Waals surface area contributed by atoms with Crippen molar-refractivity contribution in [2.75, 3.05) is 13.7 Å². The largest absolute Gasteiger partial charge is 0.472 e. The van der Waals surface area contributed by atoms with Crippen molar-refractivity contribution in [1.82, 2.24) is 14.9 Å². The van der Waals surface area contributed by atoms with E-state index in [-0.39, 0.29) is 6.54 Å². The highest BCUT2D eigenvalue weighted by Crippen LogP contribution is 2.40. The molecular formula is C24H31N3O5. The second-order valence-corrected chi connectivity index (χ2v) is 9.76. The molecule has 2 aliphatic rings. The van der Waals surface area contributed by atoms with Crippen molar-refractivity contribution < 1.29 is 23.8 Å². The number of rotatable bonds is 4. The highest BCUT2D eigenvalue weighted by atomic mass is 16.6. The fourth-order valence-corrected chi connectivity index (χ4v) is 3.91. The zero-order valence-electron chi connectivity index (χ0n) is 19.6. The van der Waals surface area contributed by atoms with Crippen LogP contribution in [-0.4, -0.2) is 58.3 Å². The molecule has 172 valence electrons. The van der Waals surface area contributed by atoms with E-state index in [1.807, 2.05) is 13.0 Å². The highest BCUT2D eigenvalue weighted by Gasteiger charge is 2.43. The average Bonchev–Trinajstić information content (AvgIpc) is 3.47. The minimum Gasteiger partial charge on any atom is -0.472 e. The molecule has 1 aromatic carbocycles. The van der Waals surface area contributed by atoms with Crippen LogP contribution in [0.5, 0.6) is 5.88 Å². The number of amides is 1. The lowest BCUT2D eigenvalue weighted by atomic mass is 10.1. The van der Waals surface area contributed by atoms with E-state index < -0.39 is 29.8 Å². The summed E-state index contributed by atoms with van der Waals surface area (Å²) < 4.78 is 16.8. The zero-order chi connectivity index (χ0) is 23.2. The fourth-order valence-electron chi connectivity index (χ4n) is 3.91. The smallest absolute Gasteiger partial charge is 0.411 e. The van der Waals surface area contributed by atoms with Crippen LogP contribution in [0.15, 0.2) is 12.1 Å². The van der Waals surface area contributed by atoms with Crippen LogP contribution in [0.2, 0.25) is 0 Å². The van der Waals surface area contributed by atoms with Crippen LogP contribution in [0.1, 0.15) is 62.9 Å². The first-order valence-electron chi connectivity index (χ1n) is 11.1. The van der Waals surface area contributed by atoms with Crippen LogP contribution in [0.4, 0.5) is 4.79 Å². The third-order valence-electron chi connectivity index (χ3n) is 5.88. The van der Waals surface area contributed by atoms with E-state index in [4.69, 9.17) is 24.2 Å². The Morgan fingerprint density at radius 1 is 1.09 bits per heavy atom. The van der Waals surface area contributed by atoms with Gasteiger partial charge in [-0.1, -0.05) is 0 Å². The molecule has 1 aromatic heterocycles. The standard InChI is InChI=1S/C24H31N3O5/c1-13-9-17-18(10-14(13)2)25-20(15-7-8-15)26-21(17)31-16-11-19(22(28)30-6)27(12-16)23(29)32-24(3,4)5/h9-10,15-16,19H,7-8,11-12H2,1-6H3. The lowest BCUT2D eigenvalue weighted by Gasteiger charge is -2.27. The molecule has 32 heavy (non-hydrogen) atoms. The van der Waals surface area contributed by atoms with Gasteiger partial charge in [-0.25, -0.2) is 14.6 Å². The van der Waals surface area contributed by atoms with Gasteiger partial charge in [0.15, 0.2) is 0 Å². The minimum atomic E-state index is -0.764. The molecule has 8 nitrogen and oxygen atoms in total. The number of ether oxygens (including phenoxy) is 3. The summed E-state index contributed by atoms with van der Waals surface area (Å²) in [5.41, 5.74) is 2.46. The van der Waals surface area contributed by atoms with Gasteiger partial charge < -0.3 is 14.2 Å². The number of esters is 1. The summed E-state index contributed by atoms with van der Waals surface area (Å²) in [5, 5.41) is 0.836. The summed E-state index contributed by atoms with van der Waals surface area (Å²) in [6.07, 6.45) is 1.49. The number of hydrogen-bond acceptors (Lipinski definition) is 7. The Balaban J connectivity index is 1.64. The molecule has 4 rings (SSSR count). The molecule has 2 unspecified atom stereocenters. The number of methoxy groups -OCH3 is 1. The second-order valence-electron chi connectivity index (χ2n) is 9.76. The van der Waals surface area contributed by atoms with Gasteiger partial charge in [0.25, 0.3) is 0 Å². The van der Waals surface area contributed by atoms with Crippen LogP contribution in [-0.2, 0) is 14.3 Å². The maximum Gasteiger partial charge on any atom is 0.411 e. The molecule has 8 heteroatoms. The fraction of sp³-hybridized carbons (Fsp3) is 0.583. The first-order valence-corrected chi connectivity index (χ1v) is 11.1. The Morgan fingerprint density at radius 2 is 1.78 bits per heavy atom. The molecule has 1 aliphatic carbocycles. The SMILES string of the molecule is COC(=O)C1CC(Oc2nc(C3CC3)nc3cc(C)c(C)cc23)CN1C(=O)OC(C)(C)C. The molecule has 0 radical (unpaired) electrons. The maximum absolute atomic E-state index is 12.8. The number of carbonyl (C=O) groups is 2. The van der Waals surface area contributed by atoms with Gasteiger partial charge in [-0.3, -0.25) is 4.90 Å². The van der Waals surface area contributed by atoms with E-state index in [2.05, 4.69) is 13.0 Å². The van der Waals surface area contributed by atoms with E-state index in [1.54, 1.807) is 20.8 Å². The van der Waals surface area contributed by atoms with Crippen molar-refractivity contribution in [2.45, 2.75) is 77.5 Å². The highest BCUT2D eigenvalue weighted by molar-refractivity contribution is 5.85. The van der Waals surface area contributed by atoms with Crippen LogP contribution in [0, 0.1) is 13.8 Å². The normalized spacial score (nSPS) is 21.0. The van der Waals surface area contributed by atoms with Gasteiger partial charge in [0.2, 0.25) is 5.88 Å². The minimum absolute atomic E-state index is 0.212. The van der Waals surface area contributed by atoms with Crippen molar-refractivity contribution in [2.24, 2.45) is 0 Å². The van der Waals surface area contributed by atoms with Gasteiger partial charge in [-0.15, -0.1) is 0 Å². The molecule has 2 heterocycles. The van der Waals surface area contributed by atoms with Crippen LogP contribution >= 0.6 is 0 Å². The van der Waals surface area contributed by atoms with Crippen LogP contribution < -0.4 is 4.74 Å². The van der Waals surface area contributed by atoms with Crippen molar-refractivity contribution in [3.63, 3.8) is 0 Å². The number of benzene rings is 1. The lowest BCUT2D eigenvalue weighted by Crippen LogP contribution is -2.44. The molecular weight excluding hydrogens is 410 g/mol. The predicted octanol–water partition coefficient (Wildman–Crippen LogP) is 4.05. The molecule has 0 bridgehead atoms. The monoisotopic (exact) mass is 441 g/mol. The second kappa shape index (κ2) is 8.22. The number of nitrogens with zero attached hydrogens (tertiary/aromatic N) is 3. The Labute approximate surface area is 188 Å². The van der Waals surface area contributed by atoms with Gasteiger partial charge in [-0.05, 0) is 70.7 Å². The molecule has 2 fully saturated rings. The number of likely N-dealkylation sites (tertiary alicyclic amines) is 1. The summed E-state index contributed by atoms with van der Waals surface area (Å²) in [5.74, 6) is 1.18. The van der Waals surface area contributed by atoms with Gasteiger partial charge >= 0.3 is 12.1 Å². The van der Waals surface area contributed by atoms with Gasteiger partial charge in [0, 0.05) is 12.3 Å². The first kappa shape index (κ1) is 22.3. The predicted molar refractivity (Wildman–Crippen MR) is 119 cm³/mol. The van der Waals surface area contributed by atoms with Crippen molar-refractivity contribution >= 4 is 23.0 Å². The van der Waals surface area contributed by atoms with Gasteiger partial charge in [0.1, 0.15) is 23.6 Å². The third-order valence-corrected chi connectivity index (χ3v) is 5.88. The van der Waals surface area contributed by atoms with Crippen molar-refractivity contribution in [3.8, 4) is 5.88 Å². The molecule has 1 amide bonds. The summed E-state index contributed by atoms with van der Waals surface area (Å²) >= 11 is 0. The first-order chi connectivity index (χ1) is 15.1. The Morgan fingerprint density at radius 3 is 2.41 bits per heavy atom. The number of hydrogen-bond donors (Lipinski definition) is 0. The topological polar surface area (TPSA) is 90.9 Å². The number of aryl methyl sites for hydroxylation is 2. The number of fused-ring (bicyclic) bond motifs is 1. The van der Waals surface area contributed by atoms with E-state index in [1.165, 1.54) is 12.0 Å². The Bertz CT molecular complexity index is 1060. The molecule has 1 saturated heterocycles. The van der Waals surface area contributed by atoms with Gasteiger partial charge in [0.05, 0.1) is 24.6 Å². The average molecular weight is 442 g/mol. The van der Waals surface area contributed by atoms with Gasteiger partial charge in [-0.2, -0.15) is 4.98 Å². The number of carbonyl (C=O) groups excluding carboxylic acids is 2. The Hall–Kier alpha value is -2.90. The van der Waals surface area contributed by atoms with Crippen LogP contribution in [0.25, 0.3) is 10.9 Å². The molecule has 1 saturated carbocycles. The lowest BCUT2D eigenvalue weighted by molar-refractivity contribution is -0.145. The van der Waals surface area contributed by atoms with E-state index in [9.17, 15) is 9.59 Å².